The number of rotatable bonds is 1. The molecule has 0 atom stereocenters. The van der Waals surface area contributed by atoms with E-state index in [-0.39, 0.29) is 5.82 Å². The first kappa shape index (κ1) is 5.76. The molecule has 46 valence electrons. The lowest BCUT2D eigenvalue weighted by Gasteiger charge is -1.77. The highest BCUT2D eigenvalue weighted by molar-refractivity contribution is 5.07. The second-order valence-corrected chi connectivity index (χ2v) is 1.57. The molecule has 0 saturated heterocycles. The highest BCUT2D eigenvalue weighted by Gasteiger charge is 1.96. The molecule has 4 heteroatoms. The third kappa shape index (κ3) is 1.05. The Morgan fingerprint density at radius 2 is 2.56 bits per heavy atom. The number of aryl methyl sites for hydroxylation is 1. The van der Waals surface area contributed by atoms with Gasteiger partial charge in [-0.3, -0.25) is 5.10 Å². The van der Waals surface area contributed by atoms with E-state index >= 15 is 0 Å². The van der Waals surface area contributed by atoms with E-state index in [1.165, 1.54) is 0 Å². The van der Waals surface area contributed by atoms with Crippen molar-refractivity contribution < 1.29 is 0 Å². The lowest BCUT2D eigenvalue weighted by atomic mass is 10.5. The molecule has 9 heavy (non-hydrogen) atoms. The largest absolute Gasteiger partial charge is 0.262 e. The van der Waals surface area contributed by atoms with Crippen LogP contribution in [0.5, 0.6) is 0 Å². The van der Waals surface area contributed by atoms with Crippen LogP contribution < -0.4 is 0 Å². The van der Waals surface area contributed by atoms with Gasteiger partial charge in [0, 0.05) is 6.42 Å². The molecule has 1 aromatic rings. The normalized spacial score (nSPS) is 8.89. The van der Waals surface area contributed by atoms with Gasteiger partial charge in [0.2, 0.25) is 0 Å². The van der Waals surface area contributed by atoms with E-state index in [4.69, 9.17) is 5.26 Å². The van der Waals surface area contributed by atoms with Gasteiger partial charge in [-0.25, -0.2) is 4.98 Å². The molecule has 0 aromatic carbocycles. The van der Waals surface area contributed by atoms with E-state index in [0.717, 1.165) is 12.2 Å². The van der Waals surface area contributed by atoms with Crippen LogP contribution in [0.1, 0.15) is 18.6 Å². The number of hydrogen-bond acceptors (Lipinski definition) is 3. The minimum Gasteiger partial charge on any atom is -0.262 e. The molecule has 1 aromatic heterocycles. The predicted molar refractivity (Wildman–Crippen MR) is 30.5 cm³/mol. The maximum absolute atomic E-state index is 8.25. The summed E-state index contributed by atoms with van der Waals surface area (Å²) in [4.78, 5) is 3.82. The van der Waals surface area contributed by atoms with Crippen LogP contribution in [0.15, 0.2) is 0 Å². The van der Waals surface area contributed by atoms with Crippen molar-refractivity contribution in [3.05, 3.63) is 11.6 Å². The van der Waals surface area contributed by atoms with Crippen molar-refractivity contribution in [3.63, 3.8) is 0 Å². The first-order valence-electron chi connectivity index (χ1n) is 2.68. The molecule has 4 nitrogen and oxygen atoms in total. The zero-order chi connectivity index (χ0) is 6.69. The molecule has 1 rings (SSSR count). The third-order valence-corrected chi connectivity index (χ3v) is 0.967. The summed E-state index contributed by atoms with van der Waals surface area (Å²) in [5, 5.41) is 14.5. The van der Waals surface area contributed by atoms with E-state index in [2.05, 4.69) is 15.2 Å². The van der Waals surface area contributed by atoms with Gasteiger partial charge in [-0.2, -0.15) is 5.26 Å². The average Bonchev–Trinajstić information content (AvgIpc) is 2.34. The summed E-state index contributed by atoms with van der Waals surface area (Å²) in [5.74, 6) is 0.971. The molecular formula is C5H6N4. The Morgan fingerprint density at radius 3 is 2.89 bits per heavy atom. The van der Waals surface area contributed by atoms with E-state index < -0.39 is 0 Å². The number of H-pyrrole nitrogens is 1. The lowest BCUT2D eigenvalue weighted by Crippen LogP contribution is -1.80. The highest BCUT2D eigenvalue weighted by Crippen LogP contribution is 1.89. The summed E-state index contributed by atoms with van der Waals surface area (Å²) in [7, 11) is 0. The van der Waals surface area contributed by atoms with E-state index in [1.807, 2.05) is 13.0 Å². The molecule has 0 aliphatic rings. The van der Waals surface area contributed by atoms with Crippen molar-refractivity contribution in [3.8, 4) is 6.07 Å². The third-order valence-electron chi connectivity index (χ3n) is 0.967. The Balaban J connectivity index is 2.90. The second kappa shape index (κ2) is 2.27. The molecule has 0 unspecified atom stereocenters. The summed E-state index contributed by atoms with van der Waals surface area (Å²) in [6, 6.07) is 1.83. The van der Waals surface area contributed by atoms with E-state index in [1.54, 1.807) is 0 Å². The van der Waals surface area contributed by atoms with Crippen LogP contribution in [0.3, 0.4) is 0 Å². The standard InChI is InChI=1S/C5H6N4/c1-2-4-7-5(3-6)9-8-4/h2H2,1H3,(H,7,8,9). The van der Waals surface area contributed by atoms with Gasteiger partial charge in [0.15, 0.2) is 0 Å². The topological polar surface area (TPSA) is 65.4 Å². The Morgan fingerprint density at radius 1 is 1.78 bits per heavy atom. The van der Waals surface area contributed by atoms with Crippen molar-refractivity contribution in [2.24, 2.45) is 0 Å². The van der Waals surface area contributed by atoms with Crippen LogP contribution in [0, 0.1) is 11.3 Å². The van der Waals surface area contributed by atoms with Gasteiger partial charge >= 0.3 is 0 Å². The van der Waals surface area contributed by atoms with Crippen LogP contribution in [0.4, 0.5) is 0 Å². The summed E-state index contributed by atoms with van der Waals surface area (Å²) >= 11 is 0. The van der Waals surface area contributed by atoms with Crippen molar-refractivity contribution in [1.82, 2.24) is 15.2 Å². The zero-order valence-corrected chi connectivity index (χ0v) is 5.05. The highest BCUT2D eigenvalue weighted by atomic mass is 15.2. The second-order valence-electron chi connectivity index (χ2n) is 1.57. The zero-order valence-electron chi connectivity index (χ0n) is 5.05. The van der Waals surface area contributed by atoms with Crippen LogP contribution in [-0.4, -0.2) is 15.2 Å². The fraction of sp³-hybridized carbons (Fsp3) is 0.400. The molecule has 1 N–H and O–H groups in total. The van der Waals surface area contributed by atoms with Crippen molar-refractivity contribution >= 4 is 0 Å². The van der Waals surface area contributed by atoms with Gasteiger partial charge in [0.05, 0.1) is 0 Å². The maximum atomic E-state index is 8.25. The molecule has 0 fully saturated rings. The minimum absolute atomic E-state index is 0.215. The minimum atomic E-state index is 0.215. The van der Waals surface area contributed by atoms with Crippen molar-refractivity contribution in [1.29, 1.82) is 5.26 Å². The predicted octanol–water partition coefficient (Wildman–Crippen LogP) is 0.239. The van der Waals surface area contributed by atoms with Crippen molar-refractivity contribution in [2.75, 3.05) is 0 Å². The SMILES string of the molecule is CCc1nc(C#N)n[nH]1. The van der Waals surface area contributed by atoms with Gasteiger partial charge in [-0.05, 0) is 0 Å². The van der Waals surface area contributed by atoms with Crippen LogP contribution in [0.2, 0.25) is 0 Å². The van der Waals surface area contributed by atoms with Gasteiger partial charge in [0.1, 0.15) is 11.9 Å². The molecule has 0 radical (unpaired) electrons. The van der Waals surface area contributed by atoms with Gasteiger partial charge < -0.3 is 0 Å². The number of hydrogen-bond donors (Lipinski definition) is 1. The number of nitrogens with one attached hydrogen (secondary N) is 1. The van der Waals surface area contributed by atoms with Crippen LogP contribution in [-0.2, 0) is 6.42 Å². The smallest absolute Gasteiger partial charge is 0.252 e. The molecule has 1 heterocycles. The monoisotopic (exact) mass is 122 g/mol. The number of nitrogens with zero attached hydrogens (tertiary/aromatic N) is 3. The summed E-state index contributed by atoms with van der Waals surface area (Å²) < 4.78 is 0. The molecule has 0 amide bonds. The fourth-order valence-corrected chi connectivity index (χ4v) is 0.503. The maximum Gasteiger partial charge on any atom is 0.252 e. The Labute approximate surface area is 52.5 Å². The lowest BCUT2D eigenvalue weighted by molar-refractivity contribution is 0.946. The fourth-order valence-electron chi connectivity index (χ4n) is 0.503. The van der Waals surface area contributed by atoms with Gasteiger partial charge in [-0.1, -0.05) is 6.92 Å². The molecule has 0 saturated carbocycles. The first-order valence-corrected chi connectivity index (χ1v) is 2.68. The van der Waals surface area contributed by atoms with Crippen LogP contribution >= 0.6 is 0 Å². The van der Waals surface area contributed by atoms with Crippen molar-refractivity contribution in [2.45, 2.75) is 13.3 Å². The Kier molecular flexibility index (Phi) is 1.45. The van der Waals surface area contributed by atoms with Gasteiger partial charge in [0.25, 0.3) is 5.82 Å². The summed E-state index contributed by atoms with van der Waals surface area (Å²) in [6.45, 7) is 1.95. The number of aromatic nitrogens is 3. The number of nitriles is 1. The van der Waals surface area contributed by atoms with Gasteiger partial charge in [-0.15, -0.1) is 5.10 Å². The molecular weight excluding hydrogens is 116 g/mol. The van der Waals surface area contributed by atoms with E-state index in [0.29, 0.717) is 0 Å². The molecule has 0 bridgehead atoms. The van der Waals surface area contributed by atoms with Crippen LogP contribution in [0.25, 0.3) is 0 Å². The molecule has 0 spiro atoms. The molecule has 0 aliphatic carbocycles. The number of aromatic amines is 1. The van der Waals surface area contributed by atoms with E-state index in [9.17, 15) is 0 Å². The summed E-state index contributed by atoms with van der Waals surface area (Å²) in [5.41, 5.74) is 0. The summed E-state index contributed by atoms with van der Waals surface area (Å²) in [6.07, 6.45) is 0.786. The average molecular weight is 122 g/mol. The Hall–Kier alpha value is -1.37. The first-order chi connectivity index (χ1) is 4.36. The Bertz CT molecular complexity index is 231. The molecule has 0 aliphatic heterocycles. The quantitative estimate of drug-likeness (QED) is 0.580.